The Morgan fingerprint density at radius 1 is 1.16 bits per heavy atom. The van der Waals surface area contributed by atoms with E-state index in [0.717, 1.165) is 6.20 Å². The molecule has 0 aromatic carbocycles. The minimum Gasteiger partial charge on any atom is -0.332 e. The molecule has 176 valence electrons. The van der Waals surface area contributed by atoms with Gasteiger partial charge in [-0.05, 0) is 24.8 Å². The van der Waals surface area contributed by atoms with Crippen LogP contribution in [0.3, 0.4) is 0 Å². The average Bonchev–Trinajstić information content (AvgIpc) is 3.13. The predicted octanol–water partition coefficient (Wildman–Crippen LogP) is 3.52. The zero-order chi connectivity index (χ0) is 23.3. The van der Waals surface area contributed by atoms with Gasteiger partial charge in [0.1, 0.15) is 6.04 Å². The predicted molar refractivity (Wildman–Crippen MR) is 101 cm³/mol. The molecule has 32 heavy (non-hydrogen) atoms. The third kappa shape index (κ3) is 4.48. The van der Waals surface area contributed by atoms with E-state index in [9.17, 15) is 31.1 Å². The third-order valence-corrected chi connectivity index (χ3v) is 6.05. The lowest BCUT2D eigenvalue weighted by Crippen LogP contribution is -2.58. The number of nitrogens with one attached hydrogen (secondary N) is 1. The summed E-state index contributed by atoms with van der Waals surface area (Å²) in [5.41, 5.74) is 6.55. The Balaban J connectivity index is 1.59. The summed E-state index contributed by atoms with van der Waals surface area (Å²) in [5, 5.41) is 5.93. The molecule has 2 fully saturated rings. The summed E-state index contributed by atoms with van der Waals surface area (Å²) in [6, 6.07) is -2.39. The number of carbonyl (C=O) groups excluding carboxylic acids is 1. The molecule has 7 nitrogen and oxygen atoms in total. The molecule has 1 saturated carbocycles. The number of amides is 2. The number of imidazole rings is 1. The van der Waals surface area contributed by atoms with Gasteiger partial charge in [-0.2, -0.15) is 5.10 Å². The van der Waals surface area contributed by atoms with Gasteiger partial charge in [-0.25, -0.2) is 40.6 Å². The number of rotatable bonds is 5. The summed E-state index contributed by atoms with van der Waals surface area (Å²) in [7, 11) is 0. The number of hydrogen-bond donors (Lipinski definition) is 2. The fourth-order valence-electron chi connectivity index (χ4n) is 4.26. The van der Waals surface area contributed by atoms with Crippen molar-refractivity contribution in [2.45, 2.75) is 56.0 Å². The lowest BCUT2D eigenvalue weighted by molar-refractivity contribution is -0.0638. The monoisotopic (exact) mass is 464 g/mol. The maximum atomic E-state index is 13.8. The molecule has 4 rings (SSSR count). The van der Waals surface area contributed by atoms with E-state index in [0.29, 0.717) is 10.6 Å². The molecule has 1 unspecified atom stereocenters. The van der Waals surface area contributed by atoms with Crippen LogP contribution in [-0.2, 0) is 0 Å². The minimum atomic E-state index is -3.36. The van der Waals surface area contributed by atoms with Crippen LogP contribution in [0.5, 0.6) is 0 Å². The van der Waals surface area contributed by atoms with E-state index >= 15 is 0 Å². The summed E-state index contributed by atoms with van der Waals surface area (Å²) < 4.78 is 83.3. The number of hydrogen-bond acceptors (Lipinski definition) is 4. The number of nitrogens with two attached hydrogens (primary N) is 1. The van der Waals surface area contributed by atoms with Crippen LogP contribution in [0.4, 0.5) is 31.1 Å². The highest BCUT2D eigenvalue weighted by Crippen LogP contribution is 2.40. The number of nitrogens with zero attached hydrogens (tertiary/aromatic N) is 4. The van der Waals surface area contributed by atoms with E-state index in [1.807, 2.05) is 5.32 Å². The summed E-state index contributed by atoms with van der Waals surface area (Å²) in [6.45, 7) is -2.08. The van der Waals surface area contributed by atoms with Crippen molar-refractivity contribution in [3.8, 4) is 0 Å². The van der Waals surface area contributed by atoms with Crippen molar-refractivity contribution in [1.82, 2.24) is 24.8 Å². The van der Waals surface area contributed by atoms with E-state index in [1.165, 1.54) is 16.8 Å². The highest BCUT2D eigenvalue weighted by molar-refractivity contribution is 5.76. The fraction of sp³-hybridized carbons (Fsp3) is 0.632. The van der Waals surface area contributed by atoms with Gasteiger partial charge in [0.05, 0.1) is 37.2 Å². The van der Waals surface area contributed by atoms with Crippen molar-refractivity contribution in [3.63, 3.8) is 0 Å². The average molecular weight is 464 g/mol. The first kappa shape index (κ1) is 22.6. The first-order chi connectivity index (χ1) is 15.0. The number of aromatic nitrogens is 3. The van der Waals surface area contributed by atoms with Gasteiger partial charge in [0.25, 0.3) is 12.3 Å². The molecule has 2 atom stereocenters. The van der Waals surface area contributed by atoms with Crippen molar-refractivity contribution in [3.05, 3.63) is 29.7 Å². The highest BCUT2D eigenvalue weighted by atomic mass is 19.3. The number of alkyl halides is 6. The Labute approximate surface area is 178 Å². The molecule has 0 radical (unpaired) electrons. The number of carbonyl (C=O) groups is 1. The zero-order valence-electron chi connectivity index (χ0n) is 16.8. The third-order valence-electron chi connectivity index (χ3n) is 6.05. The molecule has 2 aliphatic rings. The molecule has 13 heteroatoms. The smallest absolute Gasteiger partial charge is 0.318 e. The molecule has 0 bridgehead atoms. The van der Waals surface area contributed by atoms with Crippen LogP contribution < -0.4 is 11.1 Å². The first-order valence-corrected chi connectivity index (χ1v) is 10.1. The molecule has 1 aliphatic heterocycles. The van der Waals surface area contributed by atoms with Crippen LogP contribution in [-0.4, -0.2) is 56.9 Å². The van der Waals surface area contributed by atoms with Crippen molar-refractivity contribution in [2.75, 3.05) is 13.1 Å². The number of fused-ring (bicyclic) bond motifs is 1. The summed E-state index contributed by atoms with van der Waals surface area (Å²) in [4.78, 5) is 16.7. The first-order valence-electron chi connectivity index (χ1n) is 10.1. The second-order valence-electron chi connectivity index (χ2n) is 8.40. The van der Waals surface area contributed by atoms with Gasteiger partial charge >= 0.3 is 6.03 Å². The second kappa shape index (κ2) is 8.09. The number of urea groups is 1. The molecular formula is C19H22F6N6O. The minimum absolute atomic E-state index is 0.129. The van der Waals surface area contributed by atoms with E-state index in [1.54, 1.807) is 0 Å². The standard InChI is InChI=1S/C19H22F6N6O/c20-16(21)15(30-9-19(24,25)8-27-17(30)32)11-5-13-29-12(7-31(13)28-6-11)14(26)10-1-3-18(22,23)4-2-10/h5-7,10,14-16H,1-4,8-9,26H2,(H,27,32)/t14-,15?/m0/s1. The molecule has 2 aromatic heterocycles. The van der Waals surface area contributed by atoms with Crippen molar-refractivity contribution in [2.24, 2.45) is 11.7 Å². The van der Waals surface area contributed by atoms with Gasteiger partial charge in [-0.3, -0.25) is 0 Å². The molecule has 2 amide bonds. The molecular weight excluding hydrogens is 442 g/mol. The van der Waals surface area contributed by atoms with E-state index < -0.39 is 49.5 Å². The van der Waals surface area contributed by atoms with Gasteiger partial charge in [-0.15, -0.1) is 0 Å². The quantitative estimate of drug-likeness (QED) is 0.663. The molecule has 3 N–H and O–H groups in total. The van der Waals surface area contributed by atoms with Crippen molar-refractivity contribution < 1.29 is 31.1 Å². The molecule has 1 aliphatic carbocycles. The van der Waals surface area contributed by atoms with E-state index in [4.69, 9.17) is 5.73 Å². The SMILES string of the molecule is N[C@H](c1cn2ncc(C(C(F)F)N3CC(F)(F)CNC3=O)cc2n1)C1CCC(F)(F)CC1. The van der Waals surface area contributed by atoms with Gasteiger partial charge in [0.15, 0.2) is 5.65 Å². The van der Waals surface area contributed by atoms with E-state index in [2.05, 4.69) is 10.1 Å². The second-order valence-corrected chi connectivity index (χ2v) is 8.40. The Bertz CT molecular complexity index is 988. The molecule has 1 saturated heterocycles. The number of halogens is 6. The fourth-order valence-corrected chi connectivity index (χ4v) is 4.26. The van der Waals surface area contributed by atoms with Crippen molar-refractivity contribution >= 4 is 11.7 Å². The van der Waals surface area contributed by atoms with Crippen LogP contribution in [0.25, 0.3) is 5.65 Å². The largest absolute Gasteiger partial charge is 0.332 e. The summed E-state index contributed by atoms with van der Waals surface area (Å²) in [6.07, 6.45) is -0.685. The van der Waals surface area contributed by atoms with Gasteiger partial charge < -0.3 is 16.0 Å². The zero-order valence-corrected chi connectivity index (χ0v) is 16.8. The highest BCUT2D eigenvalue weighted by Gasteiger charge is 2.45. The van der Waals surface area contributed by atoms with Gasteiger partial charge in [0.2, 0.25) is 5.92 Å². The van der Waals surface area contributed by atoms with Crippen LogP contribution in [0, 0.1) is 5.92 Å². The van der Waals surface area contributed by atoms with Crippen LogP contribution in [0.1, 0.15) is 49.0 Å². The Morgan fingerprint density at radius 3 is 2.50 bits per heavy atom. The van der Waals surface area contributed by atoms with Crippen LogP contribution in [0.2, 0.25) is 0 Å². The molecule has 2 aromatic rings. The van der Waals surface area contributed by atoms with E-state index in [-0.39, 0.29) is 42.8 Å². The summed E-state index contributed by atoms with van der Waals surface area (Å²) >= 11 is 0. The van der Waals surface area contributed by atoms with Gasteiger partial charge in [-0.1, -0.05) is 0 Å². The lowest BCUT2D eigenvalue weighted by atomic mass is 9.81. The van der Waals surface area contributed by atoms with Crippen LogP contribution >= 0.6 is 0 Å². The summed E-state index contributed by atoms with van der Waals surface area (Å²) in [5.74, 6) is -6.28. The Kier molecular flexibility index (Phi) is 5.72. The maximum absolute atomic E-state index is 13.8. The Hall–Kier alpha value is -2.57. The normalized spacial score (nSPS) is 23.4. The molecule has 0 spiro atoms. The lowest BCUT2D eigenvalue weighted by Gasteiger charge is -2.37. The van der Waals surface area contributed by atoms with Crippen LogP contribution in [0.15, 0.2) is 18.5 Å². The topological polar surface area (TPSA) is 88.5 Å². The Morgan fingerprint density at radius 2 is 1.84 bits per heavy atom. The maximum Gasteiger partial charge on any atom is 0.318 e. The molecule has 3 heterocycles. The van der Waals surface area contributed by atoms with Gasteiger partial charge in [0, 0.05) is 18.4 Å². The van der Waals surface area contributed by atoms with Crippen molar-refractivity contribution in [1.29, 1.82) is 0 Å².